The number of carbonyl (C=O) groups excluding carboxylic acids is 2. The number of primary amides is 1. The predicted molar refractivity (Wildman–Crippen MR) is 91.6 cm³/mol. The number of nitrogens with zero attached hydrogens (tertiary/aromatic N) is 2. The largest absolute Gasteiger partial charge is 0.369 e. The molecule has 2 saturated heterocycles. The van der Waals surface area contributed by atoms with Gasteiger partial charge in [0, 0.05) is 25.6 Å². The molecule has 0 radical (unpaired) electrons. The maximum atomic E-state index is 13.1. The summed E-state index contributed by atoms with van der Waals surface area (Å²) in [4.78, 5) is 26.8. The predicted octanol–water partition coefficient (Wildman–Crippen LogP) is 1.35. The summed E-state index contributed by atoms with van der Waals surface area (Å²) in [7, 11) is 0. The van der Waals surface area contributed by atoms with Gasteiger partial charge in [-0.15, -0.1) is 0 Å². The summed E-state index contributed by atoms with van der Waals surface area (Å²) in [5.74, 6) is -0.949. The molecule has 1 saturated carbocycles. The summed E-state index contributed by atoms with van der Waals surface area (Å²) < 4.78 is 0. The minimum Gasteiger partial charge on any atom is -0.369 e. The molecule has 25 heavy (non-hydrogen) atoms. The molecule has 6 heteroatoms. The van der Waals surface area contributed by atoms with Gasteiger partial charge in [0.25, 0.3) is 0 Å². The maximum absolute atomic E-state index is 13.1. The Morgan fingerprint density at radius 1 is 1.20 bits per heavy atom. The highest BCUT2D eigenvalue weighted by Gasteiger charge is 2.55. The topological polar surface area (TPSA) is 86.9 Å². The van der Waals surface area contributed by atoms with E-state index in [0.29, 0.717) is 32.0 Å². The normalized spacial score (nSPS) is 31.2. The second-order valence-corrected chi connectivity index (χ2v) is 7.94. The molecule has 3 aliphatic rings. The first kappa shape index (κ1) is 16.5. The number of hydroxylamine groups is 2. The monoisotopic (exact) mass is 343 g/mol. The zero-order chi connectivity index (χ0) is 17.6. The molecule has 4 rings (SSSR count). The smallest absolute Gasteiger partial charge is 0.243 e. The summed E-state index contributed by atoms with van der Waals surface area (Å²) in [6, 6.07) is 9.33. The second kappa shape index (κ2) is 6.11. The fourth-order valence-corrected chi connectivity index (χ4v) is 4.53. The molecule has 3 fully saturated rings. The van der Waals surface area contributed by atoms with Crippen molar-refractivity contribution < 1.29 is 14.8 Å². The van der Waals surface area contributed by atoms with Crippen LogP contribution in [-0.2, 0) is 9.59 Å². The van der Waals surface area contributed by atoms with E-state index in [1.807, 2.05) is 18.2 Å². The molecule has 0 bridgehead atoms. The molecule has 2 aliphatic heterocycles. The van der Waals surface area contributed by atoms with Crippen LogP contribution >= 0.6 is 0 Å². The molecule has 1 aliphatic carbocycles. The lowest BCUT2D eigenvalue weighted by atomic mass is 9.81. The van der Waals surface area contributed by atoms with Crippen LogP contribution in [0.25, 0.3) is 0 Å². The van der Waals surface area contributed by atoms with Gasteiger partial charge in [-0.05, 0) is 36.7 Å². The van der Waals surface area contributed by atoms with Crippen molar-refractivity contribution in [2.24, 2.45) is 17.1 Å². The third-order valence-corrected chi connectivity index (χ3v) is 6.20. The number of hydrogen-bond acceptors (Lipinski definition) is 4. The molecule has 6 nitrogen and oxygen atoms in total. The molecule has 3 atom stereocenters. The highest BCUT2D eigenvalue weighted by Crippen LogP contribution is 2.54. The Morgan fingerprint density at radius 2 is 1.92 bits per heavy atom. The summed E-state index contributed by atoms with van der Waals surface area (Å²) in [5.41, 5.74) is 6.79. The van der Waals surface area contributed by atoms with Gasteiger partial charge in [-0.25, -0.2) is 0 Å². The lowest BCUT2D eigenvalue weighted by molar-refractivity contribution is -0.192. The fourth-order valence-electron chi connectivity index (χ4n) is 4.53. The van der Waals surface area contributed by atoms with Gasteiger partial charge in [0.05, 0.1) is 5.92 Å². The Hall–Kier alpha value is -1.92. The number of likely N-dealkylation sites (tertiary alicyclic amines) is 1. The van der Waals surface area contributed by atoms with E-state index in [4.69, 9.17) is 5.73 Å². The van der Waals surface area contributed by atoms with Crippen LogP contribution in [0.3, 0.4) is 0 Å². The third kappa shape index (κ3) is 3.04. The molecule has 134 valence electrons. The number of benzene rings is 1. The third-order valence-electron chi connectivity index (χ3n) is 6.20. The highest BCUT2D eigenvalue weighted by atomic mass is 16.5. The molecule has 1 aromatic rings. The van der Waals surface area contributed by atoms with E-state index in [-0.39, 0.29) is 11.3 Å². The van der Waals surface area contributed by atoms with Gasteiger partial charge in [-0.3, -0.25) is 9.59 Å². The quantitative estimate of drug-likeness (QED) is 0.867. The van der Waals surface area contributed by atoms with E-state index in [1.165, 1.54) is 5.56 Å². The number of carbonyl (C=O) groups is 2. The fraction of sp³-hybridized carbons (Fsp3) is 0.579. The van der Waals surface area contributed by atoms with E-state index < -0.39 is 17.9 Å². The molecule has 3 N–H and O–H groups in total. The molecular weight excluding hydrogens is 318 g/mol. The van der Waals surface area contributed by atoms with Crippen LogP contribution in [0.1, 0.15) is 37.2 Å². The van der Waals surface area contributed by atoms with Crippen molar-refractivity contribution in [2.45, 2.75) is 37.6 Å². The second-order valence-electron chi connectivity index (χ2n) is 7.94. The average Bonchev–Trinajstić information content (AvgIpc) is 3.15. The van der Waals surface area contributed by atoms with Crippen LogP contribution in [0.4, 0.5) is 0 Å². The Bertz CT molecular complexity index is 674. The Balaban J connectivity index is 1.49. The van der Waals surface area contributed by atoms with Crippen molar-refractivity contribution in [3.63, 3.8) is 0 Å². The summed E-state index contributed by atoms with van der Waals surface area (Å²) >= 11 is 0. The van der Waals surface area contributed by atoms with Crippen LogP contribution in [-0.4, -0.2) is 52.7 Å². The highest BCUT2D eigenvalue weighted by molar-refractivity contribution is 5.90. The number of piperidine rings is 1. The van der Waals surface area contributed by atoms with Crippen molar-refractivity contribution in [3.8, 4) is 0 Å². The molecule has 0 aromatic heterocycles. The minimum absolute atomic E-state index is 0.0111. The number of rotatable bonds is 3. The lowest BCUT2D eigenvalue weighted by Gasteiger charge is -2.40. The van der Waals surface area contributed by atoms with Crippen LogP contribution in [0.15, 0.2) is 30.3 Å². The molecule has 1 spiro atoms. The molecular formula is C19H25N3O3. The van der Waals surface area contributed by atoms with Gasteiger partial charge in [-0.2, -0.15) is 5.06 Å². The van der Waals surface area contributed by atoms with Crippen LogP contribution < -0.4 is 5.73 Å². The Labute approximate surface area is 147 Å². The van der Waals surface area contributed by atoms with Crippen LogP contribution in [0.2, 0.25) is 0 Å². The molecule has 1 aromatic carbocycles. The zero-order valence-electron chi connectivity index (χ0n) is 14.3. The first-order valence-corrected chi connectivity index (χ1v) is 9.08. The van der Waals surface area contributed by atoms with Crippen molar-refractivity contribution >= 4 is 11.8 Å². The number of hydrogen-bond donors (Lipinski definition) is 2. The summed E-state index contributed by atoms with van der Waals surface area (Å²) in [5, 5.41) is 11.5. The van der Waals surface area contributed by atoms with Crippen LogP contribution in [0.5, 0.6) is 0 Å². The van der Waals surface area contributed by atoms with Gasteiger partial charge < -0.3 is 15.8 Å². The number of amides is 2. The van der Waals surface area contributed by atoms with E-state index in [9.17, 15) is 14.8 Å². The SMILES string of the molecule is NC(=O)[C@H]1CC2(CC2)CN(O)[C@@H]1C(=O)N1CC[C@@H](c2ccccc2)C1. The first-order chi connectivity index (χ1) is 12.0. The molecule has 2 amide bonds. The summed E-state index contributed by atoms with van der Waals surface area (Å²) in [6.07, 6.45) is 3.51. The van der Waals surface area contributed by atoms with Gasteiger partial charge >= 0.3 is 0 Å². The molecule has 0 unspecified atom stereocenters. The van der Waals surface area contributed by atoms with Crippen molar-refractivity contribution in [1.29, 1.82) is 0 Å². The van der Waals surface area contributed by atoms with E-state index in [1.54, 1.807) is 4.90 Å². The van der Waals surface area contributed by atoms with Crippen molar-refractivity contribution in [1.82, 2.24) is 9.96 Å². The standard InChI is InChI=1S/C19H25N3O3/c20-17(23)15-10-19(7-8-19)12-22(25)16(15)18(24)21-9-6-14(11-21)13-4-2-1-3-5-13/h1-5,14-16,25H,6-12H2,(H2,20,23)/t14-,15+,16+/m1/s1. The van der Waals surface area contributed by atoms with E-state index >= 15 is 0 Å². The first-order valence-electron chi connectivity index (χ1n) is 9.08. The van der Waals surface area contributed by atoms with E-state index in [2.05, 4.69) is 12.1 Å². The van der Waals surface area contributed by atoms with Crippen molar-refractivity contribution in [3.05, 3.63) is 35.9 Å². The minimum atomic E-state index is -0.835. The Morgan fingerprint density at radius 3 is 2.56 bits per heavy atom. The van der Waals surface area contributed by atoms with Gasteiger partial charge in [0.15, 0.2) is 0 Å². The van der Waals surface area contributed by atoms with Gasteiger partial charge in [0.2, 0.25) is 11.8 Å². The maximum Gasteiger partial charge on any atom is 0.243 e. The molecule has 2 heterocycles. The average molecular weight is 343 g/mol. The lowest BCUT2D eigenvalue weighted by Crippen LogP contribution is -2.58. The van der Waals surface area contributed by atoms with Gasteiger partial charge in [-0.1, -0.05) is 30.3 Å². The Kier molecular flexibility index (Phi) is 4.04. The zero-order valence-corrected chi connectivity index (χ0v) is 14.3. The van der Waals surface area contributed by atoms with E-state index in [0.717, 1.165) is 24.3 Å². The van der Waals surface area contributed by atoms with Crippen molar-refractivity contribution in [2.75, 3.05) is 19.6 Å². The van der Waals surface area contributed by atoms with Gasteiger partial charge in [0.1, 0.15) is 6.04 Å². The van der Waals surface area contributed by atoms with Crippen LogP contribution in [0, 0.1) is 11.3 Å². The summed E-state index contributed by atoms with van der Waals surface area (Å²) in [6.45, 7) is 1.74. The number of nitrogens with two attached hydrogens (primary N) is 1.